The predicted octanol–water partition coefficient (Wildman–Crippen LogP) is 4.61. The lowest BCUT2D eigenvalue weighted by atomic mass is 10.0. The van der Waals surface area contributed by atoms with Gasteiger partial charge in [0.05, 0.1) is 26.3 Å². The summed E-state index contributed by atoms with van der Waals surface area (Å²) in [5.41, 5.74) is 1.65. The summed E-state index contributed by atoms with van der Waals surface area (Å²) in [6, 6.07) is 13.2. The van der Waals surface area contributed by atoms with Gasteiger partial charge in [-0.2, -0.15) is 5.26 Å². The van der Waals surface area contributed by atoms with Crippen LogP contribution in [0.5, 0.6) is 0 Å². The van der Waals surface area contributed by atoms with E-state index < -0.39 is 0 Å². The topological polar surface area (TPSA) is 44.1 Å². The van der Waals surface area contributed by atoms with Crippen LogP contribution in [0.25, 0.3) is 0 Å². The quantitative estimate of drug-likeness (QED) is 0.797. The Kier molecular flexibility index (Phi) is 5.16. The number of rotatable bonds is 4. The van der Waals surface area contributed by atoms with E-state index in [0.717, 1.165) is 14.2 Å². The van der Waals surface area contributed by atoms with Gasteiger partial charge in [0.2, 0.25) is 0 Å². The van der Waals surface area contributed by atoms with E-state index in [1.807, 2.05) is 43.0 Å². The number of hydrogen-bond donors (Lipinski definition) is 0. The Morgan fingerprint density at radius 3 is 2.48 bits per heavy atom. The first-order valence-electron chi connectivity index (χ1n) is 6.63. The number of hydrogen-bond acceptors (Lipinski definition) is 3. The molecular formula is C16H15BrN2OS. The minimum atomic E-state index is -0.0314. The van der Waals surface area contributed by atoms with Crippen molar-refractivity contribution in [2.75, 3.05) is 6.54 Å². The van der Waals surface area contributed by atoms with E-state index in [1.54, 1.807) is 12.1 Å². The molecule has 0 spiro atoms. The maximum Gasteiger partial charge on any atom is 0.264 e. The number of benzene rings is 1. The normalized spacial score (nSPS) is 11.7. The molecule has 1 aromatic heterocycles. The second kappa shape index (κ2) is 6.88. The largest absolute Gasteiger partial charge is 0.331 e. The minimum Gasteiger partial charge on any atom is -0.331 e. The molecule has 0 aliphatic rings. The number of carbonyl (C=O) groups is 1. The molecule has 0 N–H and O–H groups in total. The van der Waals surface area contributed by atoms with Crippen LogP contribution in [0.1, 0.15) is 40.7 Å². The van der Waals surface area contributed by atoms with Gasteiger partial charge < -0.3 is 4.90 Å². The highest BCUT2D eigenvalue weighted by atomic mass is 79.9. The van der Waals surface area contributed by atoms with Crippen LogP contribution in [0.2, 0.25) is 0 Å². The van der Waals surface area contributed by atoms with E-state index in [4.69, 9.17) is 5.26 Å². The van der Waals surface area contributed by atoms with Crippen LogP contribution in [-0.2, 0) is 0 Å². The van der Waals surface area contributed by atoms with Gasteiger partial charge in [0.25, 0.3) is 5.91 Å². The lowest BCUT2D eigenvalue weighted by molar-refractivity contribution is 0.0707. The summed E-state index contributed by atoms with van der Waals surface area (Å²) in [6.07, 6.45) is 0. The van der Waals surface area contributed by atoms with Gasteiger partial charge in [-0.25, -0.2) is 0 Å². The minimum absolute atomic E-state index is 0.0314. The molecular weight excluding hydrogens is 348 g/mol. The first-order chi connectivity index (χ1) is 10.1. The summed E-state index contributed by atoms with van der Waals surface area (Å²) in [5, 5.41) is 8.84. The van der Waals surface area contributed by atoms with Crippen molar-refractivity contribution in [2.45, 2.75) is 19.9 Å². The molecule has 1 heterocycles. The number of nitrogens with zero attached hydrogens (tertiary/aromatic N) is 2. The summed E-state index contributed by atoms with van der Waals surface area (Å²) >= 11 is 4.83. The molecule has 1 unspecified atom stereocenters. The summed E-state index contributed by atoms with van der Waals surface area (Å²) in [5.74, 6) is 0.0325. The first-order valence-corrected chi connectivity index (χ1v) is 8.24. The fourth-order valence-corrected chi connectivity index (χ4v) is 3.52. The van der Waals surface area contributed by atoms with Crippen molar-refractivity contribution in [3.8, 4) is 6.07 Å². The van der Waals surface area contributed by atoms with Crippen molar-refractivity contribution in [3.63, 3.8) is 0 Å². The summed E-state index contributed by atoms with van der Waals surface area (Å²) < 4.78 is 0.952. The molecule has 0 saturated carbocycles. The fourth-order valence-electron chi connectivity index (χ4n) is 2.18. The lowest BCUT2D eigenvalue weighted by Gasteiger charge is -2.28. The van der Waals surface area contributed by atoms with Crippen LogP contribution < -0.4 is 0 Å². The van der Waals surface area contributed by atoms with Gasteiger partial charge in [-0.1, -0.05) is 12.1 Å². The number of thiophene rings is 1. The zero-order chi connectivity index (χ0) is 15.4. The third kappa shape index (κ3) is 3.52. The van der Waals surface area contributed by atoms with E-state index in [9.17, 15) is 4.79 Å². The summed E-state index contributed by atoms with van der Waals surface area (Å²) in [4.78, 5) is 15.1. The summed E-state index contributed by atoms with van der Waals surface area (Å²) in [6.45, 7) is 4.61. The molecule has 1 amide bonds. The predicted molar refractivity (Wildman–Crippen MR) is 88.3 cm³/mol. The van der Waals surface area contributed by atoms with Gasteiger partial charge in [-0.05, 0) is 59.6 Å². The Balaban J connectivity index is 2.23. The van der Waals surface area contributed by atoms with Gasteiger partial charge in [-0.3, -0.25) is 4.79 Å². The van der Waals surface area contributed by atoms with E-state index in [0.29, 0.717) is 12.1 Å². The van der Waals surface area contributed by atoms with Gasteiger partial charge in [0, 0.05) is 6.54 Å². The first kappa shape index (κ1) is 15.7. The van der Waals surface area contributed by atoms with Crippen molar-refractivity contribution < 1.29 is 4.79 Å². The van der Waals surface area contributed by atoms with Crippen LogP contribution in [0.15, 0.2) is 40.2 Å². The molecule has 1 atom stereocenters. The average molecular weight is 363 g/mol. The highest BCUT2D eigenvalue weighted by molar-refractivity contribution is 9.11. The SMILES string of the molecule is CCN(C(=O)c1ccc(Br)s1)C(C)c1ccc(C#N)cc1. The molecule has 2 rings (SSSR count). The van der Waals surface area contributed by atoms with Gasteiger partial charge in [0.1, 0.15) is 0 Å². The zero-order valence-electron chi connectivity index (χ0n) is 11.8. The maximum atomic E-state index is 12.6. The molecule has 1 aromatic carbocycles. The van der Waals surface area contributed by atoms with Crippen molar-refractivity contribution in [2.24, 2.45) is 0 Å². The molecule has 21 heavy (non-hydrogen) atoms. The summed E-state index contributed by atoms with van der Waals surface area (Å²) in [7, 11) is 0. The molecule has 3 nitrogen and oxygen atoms in total. The fraction of sp³-hybridized carbons (Fsp3) is 0.250. The third-order valence-corrected chi connectivity index (χ3v) is 4.99. The Bertz CT molecular complexity index is 672. The Hall–Kier alpha value is -1.64. The van der Waals surface area contributed by atoms with E-state index in [2.05, 4.69) is 22.0 Å². The van der Waals surface area contributed by atoms with Crippen LogP contribution in [-0.4, -0.2) is 17.4 Å². The monoisotopic (exact) mass is 362 g/mol. The molecule has 5 heteroatoms. The third-order valence-electron chi connectivity index (χ3n) is 3.38. The standard InChI is InChI=1S/C16H15BrN2OS/c1-3-19(16(20)14-8-9-15(17)21-14)11(2)13-6-4-12(10-18)5-7-13/h4-9,11H,3H2,1-2H3. The Labute approximate surface area is 136 Å². The molecule has 0 fully saturated rings. The molecule has 0 radical (unpaired) electrons. The van der Waals surface area contributed by atoms with E-state index in [-0.39, 0.29) is 11.9 Å². The van der Waals surface area contributed by atoms with Crippen LogP contribution in [0.3, 0.4) is 0 Å². The second-order valence-corrected chi connectivity index (χ2v) is 7.07. The maximum absolute atomic E-state index is 12.6. The number of nitriles is 1. The smallest absolute Gasteiger partial charge is 0.264 e. The molecule has 108 valence electrons. The van der Waals surface area contributed by atoms with Gasteiger partial charge >= 0.3 is 0 Å². The molecule has 0 aliphatic carbocycles. The van der Waals surface area contributed by atoms with Crippen LogP contribution in [0.4, 0.5) is 0 Å². The van der Waals surface area contributed by atoms with Crippen molar-refractivity contribution in [1.29, 1.82) is 5.26 Å². The van der Waals surface area contributed by atoms with Gasteiger partial charge in [-0.15, -0.1) is 11.3 Å². The van der Waals surface area contributed by atoms with Gasteiger partial charge in [0.15, 0.2) is 0 Å². The molecule has 0 aliphatic heterocycles. The number of amides is 1. The highest BCUT2D eigenvalue weighted by Crippen LogP contribution is 2.27. The molecule has 0 saturated heterocycles. The molecule has 0 bridgehead atoms. The lowest BCUT2D eigenvalue weighted by Crippen LogP contribution is -2.32. The highest BCUT2D eigenvalue weighted by Gasteiger charge is 2.22. The van der Waals surface area contributed by atoms with Crippen LogP contribution in [0, 0.1) is 11.3 Å². The van der Waals surface area contributed by atoms with Crippen LogP contribution >= 0.6 is 27.3 Å². The number of halogens is 1. The van der Waals surface area contributed by atoms with E-state index >= 15 is 0 Å². The Morgan fingerprint density at radius 2 is 2.00 bits per heavy atom. The Morgan fingerprint density at radius 1 is 1.33 bits per heavy atom. The average Bonchev–Trinajstić information content (AvgIpc) is 2.94. The number of carbonyl (C=O) groups excluding carboxylic acids is 1. The molecule has 2 aromatic rings. The zero-order valence-corrected chi connectivity index (χ0v) is 14.2. The van der Waals surface area contributed by atoms with Crippen molar-refractivity contribution in [3.05, 3.63) is 56.2 Å². The van der Waals surface area contributed by atoms with Crippen molar-refractivity contribution >= 4 is 33.2 Å². The van der Waals surface area contributed by atoms with E-state index in [1.165, 1.54) is 11.3 Å². The second-order valence-electron chi connectivity index (χ2n) is 4.60. The van der Waals surface area contributed by atoms with Crippen molar-refractivity contribution in [1.82, 2.24) is 4.90 Å².